The van der Waals surface area contributed by atoms with Gasteiger partial charge in [0.25, 0.3) is 10.0 Å². The summed E-state index contributed by atoms with van der Waals surface area (Å²) in [5, 5.41) is 3.12. The molecule has 188 valence electrons. The SMILES string of the molecule is COC(=O)c1ccc(Nc2c(N(C(C)=O)S(=O)(=O)c3ccc(C(C)C)cc3)ccc3c2OCO3)cc1. The maximum absolute atomic E-state index is 13.7. The number of ether oxygens (including phenoxy) is 3. The highest BCUT2D eigenvalue weighted by atomic mass is 32.2. The van der Waals surface area contributed by atoms with Gasteiger partial charge in [0.05, 0.1) is 23.3 Å². The van der Waals surface area contributed by atoms with Crippen molar-refractivity contribution in [2.75, 3.05) is 23.5 Å². The van der Waals surface area contributed by atoms with Gasteiger partial charge in [-0.3, -0.25) is 4.79 Å². The van der Waals surface area contributed by atoms with Crippen molar-refractivity contribution < 1.29 is 32.2 Å². The molecule has 0 aromatic heterocycles. The van der Waals surface area contributed by atoms with Crippen LogP contribution in [0, 0.1) is 0 Å². The number of hydrogen-bond donors (Lipinski definition) is 1. The summed E-state index contributed by atoms with van der Waals surface area (Å²) < 4.78 is 43.9. The van der Waals surface area contributed by atoms with Gasteiger partial charge in [0, 0.05) is 12.6 Å². The Morgan fingerprint density at radius 1 is 0.972 bits per heavy atom. The molecule has 3 aromatic rings. The number of amides is 1. The predicted molar refractivity (Wildman–Crippen MR) is 135 cm³/mol. The fourth-order valence-corrected chi connectivity index (χ4v) is 5.24. The number of anilines is 3. The number of hydrogen-bond acceptors (Lipinski definition) is 8. The third-order valence-corrected chi connectivity index (χ3v) is 7.48. The van der Waals surface area contributed by atoms with Crippen LogP contribution < -0.4 is 19.1 Å². The van der Waals surface area contributed by atoms with Crippen molar-refractivity contribution in [1.29, 1.82) is 0 Å². The molecule has 36 heavy (non-hydrogen) atoms. The minimum absolute atomic E-state index is 0.0202. The van der Waals surface area contributed by atoms with Gasteiger partial charge in [-0.25, -0.2) is 17.5 Å². The first-order valence-electron chi connectivity index (χ1n) is 11.2. The maximum Gasteiger partial charge on any atom is 0.337 e. The average Bonchev–Trinajstić information content (AvgIpc) is 3.34. The van der Waals surface area contributed by atoms with Crippen molar-refractivity contribution in [3.05, 3.63) is 71.8 Å². The molecule has 1 aliphatic heterocycles. The standard InChI is InChI=1S/C26H26N2O7S/c1-16(2)18-7-11-21(12-8-18)36(31,32)28(17(3)29)22-13-14-23-25(35-15-34-23)24(22)27-20-9-5-19(6-10-20)26(30)33-4/h5-14,16,27H,15H2,1-4H3. The number of fused-ring (bicyclic) bond motifs is 1. The summed E-state index contributed by atoms with van der Waals surface area (Å²) in [4.78, 5) is 24.5. The number of rotatable bonds is 7. The van der Waals surface area contributed by atoms with E-state index in [0.717, 1.165) is 9.87 Å². The number of nitrogens with one attached hydrogen (secondary N) is 1. The van der Waals surface area contributed by atoms with Crippen LogP contribution in [-0.2, 0) is 19.6 Å². The second kappa shape index (κ2) is 9.90. The van der Waals surface area contributed by atoms with Crippen LogP contribution in [0.25, 0.3) is 0 Å². The van der Waals surface area contributed by atoms with Crippen molar-refractivity contribution in [2.24, 2.45) is 0 Å². The molecule has 10 heteroatoms. The molecule has 0 radical (unpaired) electrons. The number of benzene rings is 3. The van der Waals surface area contributed by atoms with Crippen molar-refractivity contribution in [3.8, 4) is 11.5 Å². The Bertz CT molecular complexity index is 1400. The summed E-state index contributed by atoms with van der Waals surface area (Å²) in [5.74, 6) is -0.306. The zero-order chi connectivity index (χ0) is 26.0. The van der Waals surface area contributed by atoms with Crippen molar-refractivity contribution in [2.45, 2.75) is 31.6 Å². The van der Waals surface area contributed by atoms with Gasteiger partial charge in [0.15, 0.2) is 11.5 Å². The largest absolute Gasteiger partial charge is 0.465 e. The first-order chi connectivity index (χ1) is 17.1. The summed E-state index contributed by atoms with van der Waals surface area (Å²) in [6.07, 6.45) is 0. The number of esters is 1. The second-order valence-electron chi connectivity index (χ2n) is 8.40. The maximum atomic E-state index is 13.7. The van der Waals surface area contributed by atoms with E-state index >= 15 is 0 Å². The van der Waals surface area contributed by atoms with Gasteiger partial charge in [-0.15, -0.1) is 0 Å². The fourth-order valence-electron chi connectivity index (χ4n) is 3.80. The lowest BCUT2D eigenvalue weighted by molar-refractivity contribution is -0.115. The molecule has 0 fully saturated rings. The Morgan fingerprint density at radius 2 is 1.64 bits per heavy atom. The Kier molecular flexibility index (Phi) is 6.89. The molecule has 4 rings (SSSR count). The van der Waals surface area contributed by atoms with Gasteiger partial charge in [-0.1, -0.05) is 26.0 Å². The Hall–Kier alpha value is -4.05. The molecule has 0 saturated heterocycles. The second-order valence-corrected chi connectivity index (χ2v) is 10.2. The van der Waals surface area contributed by atoms with Crippen LogP contribution in [0.1, 0.15) is 42.6 Å². The van der Waals surface area contributed by atoms with E-state index in [0.29, 0.717) is 17.0 Å². The molecular weight excluding hydrogens is 484 g/mol. The summed E-state index contributed by atoms with van der Waals surface area (Å²) >= 11 is 0. The fraction of sp³-hybridized carbons (Fsp3) is 0.231. The third-order valence-electron chi connectivity index (χ3n) is 5.68. The highest BCUT2D eigenvalue weighted by Crippen LogP contribution is 2.47. The van der Waals surface area contributed by atoms with E-state index in [4.69, 9.17) is 14.2 Å². The molecule has 1 heterocycles. The zero-order valence-corrected chi connectivity index (χ0v) is 21.1. The topological polar surface area (TPSA) is 111 Å². The molecule has 0 bridgehead atoms. The molecule has 0 unspecified atom stereocenters. The van der Waals surface area contributed by atoms with E-state index < -0.39 is 21.9 Å². The summed E-state index contributed by atoms with van der Waals surface area (Å²) in [6.45, 7) is 5.14. The number of sulfonamides is 1. The van der Waals surface area contributed by atoms with Crippen LogP contribution in [0.15, 0.2) is 65.6 Å². The van der Waals surface area contributed by atoms with Gasteiger partial charge >= 0.3 is 5.97 Å². The molecule has 0 spiro atoms. The van der Waals surface area contributed by atoms with Crippen LogP contribution >= 0.6 is 0 Å². The number of carbonyl (C=O) groups is 2. The molecule has 3 aromatic carbocycles. The molecule has 0 saturated carbocycles. The number of nitrogens with zero attached hydrogens (tertiary/aromatic N) is 1. The van der Waals surface area contributed by atoms with Crippen molar-refractivity contribution >= 4 is 39.0 Å². The highest BCUT2D eigenvalue weighted by molar-refractivity contribution is 7.93. The summed E-state index contributed by atoms with van der Waals surface area (Å²) in [7, 11) is -2.97. The lowest BCUT2D eigenvalue weighted by Gasteiger charge is -2.25. The summed E-state index contributed by atoms with van der Waals surface area (Å²) in [5.41, 5.74) is 2.14. The zero-order valence-electron chi connectivity index (χ0n) is 20.3. The highest BCUT2D eigenvalue weighted by Gasteiger charge is 2.34. The minimum atomic E-state index is -4.26. The molecule has 1 aliphatic rings. The summed E-state index contributed by atoms with van der Waals surface area (Å²) in [6, 6.07) is 15.9. The Morgan fingerprint density at radius 3 is 2.22 bits per heavy atom. The smallest absolute Gasteiger partial charge is 0.337 e. The molecule has 0 aliphatic carbocycles. The lowest BCUT2D eigenvalue weighted by atomic mass is 10.0. The third kappa shape index (κ3) is 4.72. The molecular formula is C26H26N2O7S. The molecule has 1 amide bonds. The normalized spacial score (nSPS) is 12.4. The quantitative estimate of drug-likeness (QED) is 0.451. The minimum Gasteiger partial charge on any atom is -0.465 e. The predicted octanol–water partition coefficient (Wildman–Crippen LogP) is 4.81. The van der Waals surface area contributed by atoms with Gasteiger partial charge in [-0.2, -0.15) is 0 Å². The van der Waals surface area contributed by atoms with E-state index in [-0.39, 0.29) is 34.7 Å². The number of carbonyl (C=O) groups excluding carboxylic acids is 2. The first kappa shape index (κ1) is 25.1. The Labute approximate surface area is 209 Å². The van der Waals surface area contributed by atoms with Crippen LogP contribution in [0.3, 0.4) is 0 Å². The average molecular weight is 511 g/mol. The monoisotopic (exact) mass is 510 g/mol. The van der Waals surface area contributed by atoms with Crippen LogP contribution in [-0.4, -0.2) is 34.2 Å². The van der Waals surface area contributed by atoms with Gasteiger partial charge in [-0.05, 0) is 60.0 Å². The van der Waals surface area contributed by atoms with Crippen LogP contribution in [0.2, 0.25) is 0 Å². The van der Waals surface area contributed by atoms with Gasteiger partial charge < -0.3 is 19.5 Å². The van der Waals surface area contributed by atoms with E-state index in [9.17, 15) is 18.0 Å². The van der Waals surface area contributed by atoms with Crippen LogP contribution in [0.4, 0.5) is 17.1 Å². The Balaban J connectivity index is 1.80. The lowest BCUT2D eigenvalue weighted by Crippen LogP contribution is -2.35. The molecule has 1 N–H and O–H groups in total. The van der Waals surface area contributed by atoms with Crippen LogP contribution in [0.5, 0.6) is 11.5 Å². The van der Waals surface area contributed by atoms with E-state index in [1.54, 1.807) is 42.5 Å². The van der Waals surface area contributed by atoms with E-state index in [2.05, 4.69) is 5.32 Å². The van der Waals surface area contributed by atoms with Crippen molar-refractivity contribution in [3.63, 3.8) is 0 Å². The van der Waals surface area contributed by atoms with E-state index in [1.165, 1.54) is 32.2 Å². The van der Waals surface area contributed by atoms with Crippen molar-refractivity contribution in [1.82, 2.24) is 0 Å². The van der Waals surface area contributed by atoms with E-state index in [1.807, 2.05) is 13.8 Å². The van der Waals surface area contributed by atoms with Gasteiger partial charge in [0.1, 0.15) is 5.69 Å². The first-order valence-corrected chi connectivity index (χ1v) is 12.6. The molecule has 9 nitrogen and oxygen atoms in total. The molecule has 0 atom stereocenters. The number of methoxy groups -OCH3 is 1. The van der Waals surface area contributed by atoms with Gasteiger partial charge in [0.2, 0.25) is 12.7 Å².